The summed E-state index contributed by atoms with van der Waals surface area (Å²) in [4.78, 5) is 12.1. The number of rotatable bonds is 5. The van der Waals surface area contributed by atoms with Gasteiger partial charge in [0.25, 0.3) is 5.91 Å². The number of carbonyl (C=O) groups is 1. The summed E-state index contributed by atoms with van der Waals surface area (Å²) >= 11 is 0. The topological polar surface area (TPSA) is 59.3 Å². The Morgan fingerprint density at radius 1 is 1.04 bits per heavy atom. The fourth-order valence-corrected chi connectivity index (χ4v) is 2.33. The van der Waals surface area contributed by atoms with Crippen molar-refractivity contribution in [1.29, 1.82) is 0 Å². The minimum absolute atomic E-state index is 0.298. The average Bonchev–Trinajstić information content (AvgIpc) is 3.07. The van der Waals surface area contributed by atoms with E-state index in [-0.39, 0.29) is 5.91 Å². The molecule has 0 aliphatic heterocycles. The fourth-order valence-electron chi connectivity index (χ4n) is 2.33. The van der Waals surface area contributed by atoms with E-state index in [1.54, 1.807) is 17.0 Å². The fraction of sp³-hybridized carbons (Fsp3) is 0.0500. The Kier molecular flexibility index (Phi) is 5.16. The van der Waals surface area contributed by atoms with Crippen molar-refractivity contribution in [3.05, 3.63) is 95.8 Å². The molecule has 1 heterocycles. The number of benzene rings is 2. The van der Waals surface area contributed by atoms with Gasteiger partial charge in [-0.25, -0.2) is 5.43 Å². The molecule has 0 aliphatic carbocycles. The van der Waals surface area contributed by atoms with Crippen LogP contribution in [0.15, 0.2) is 84.2 Å². The molecule has 1 amide bonds. The number of carbonyl (C=O) groups excluding carboxylic acids is 1. The second-order valence-electron chi connectivity index (χ2n) is 5.45. The van der Waals surface area contributed by atoms with Crippen LogP contribution in [0.4, 0.5) is 0 Å². The van der Waals surface area contributed by atoms with Gasteiger partial charge in [0.1, 0.15) is 0 Å². The lowest BCUT2D eigenvalue weighted by atomic mass is 10.0. The van der Waals surface area contributed by atoms with E-state index >= 15 is 0 Å². The van der Waals surface area contributed by atoms with Crippen LogP contribution in [0, 0.1) is 0 Å². The van der Waals surface area contributed by atoms with Crippen molar-refractivity contribution >= 4 is 17.7 Å². The summed E-state index contributed by atoms with van der Waals surface area (Å²) in [6.07, 6.45) is 6.65. The molecule has 1 N–H and O–H groups in total. The molecule has 0 atom stereocenters. The van der Waals surface area contributed by atoms with Crippen molar-refractivity contribution in [1.82, 2.24) is 15.2 Å². The molecule has 0 spiro atoms. The molecule has 1 aromatic heterocycles. The number of aromatic nitrogens is 2. The second kappa shape index (κ2) is 7.88. The average molecular weight is 330 g/mol. The van der Waals surface area contributed by atoms with Crippen LogP contribution in [0.1, 0.15) is 16.7 Å². The van der Waals surface area contributed by atoms with Gasteiger partial charge in [0.2, 0.25) is 0 Å². The monoisotopic (exact) mass is 330 g/mol. The van der Waals surface area contributed by atoms with E-state index < -0.39 is 0 Å². The van der Waals surface area contributed by atoms with Crippen molar-refractivity contribution < 1.29 is 4.79 Å². The van der Waals surface area contributed by atoms with Gasteiger partial charge in [-0.15, -0.1) is 0 Å². The summed E-state index contributed by atoms with van der Waals surface area (Å²) in [6, 6.07) is 19.5. The van der Waals surface area contributed by atoms with Crippen molar-refractivity contribution in [3.63, 3.8) is 0 Å². The zero-order chi connectivity index (χ0) is 17.5. The maximum Gasteiger partial charge on any atom is 0.264 e. The first-order valence-electron chi connectivity index (χ1n) is 7.87. The Morgan fingerprint density at radius 2 is 1.64 bits per heavy atom. The lowest BCUT2D eigenvalue weighted by molar-refractivity contribution is -0.116. The summed E-state index contributed by atoms with van der Waals surface area (Å²) in [5, 5.41) is 8.38. The Balaban J connectivity index is 1.79. The van der Waals surface area contributed by atoms with Gasteiger partial charge in [-0.3, -0.25) is 9.48 Å². The van der Waals surface area contributed by atoms with Gasteiger partial charge in [-0.05, 0) is 6.08 Å². The van der Waals surface area contributed by atoms with Gasteiger partial charge in [0, 0.05) is 36.0 Å². The minimum atomic E-state index is -0.298. The third-order valence-corrected chi connectivity index (χ3v) is 3.52. The number of hydrogen-bond acceptors (Lipinski definition) is 3. The van der Waals surface area contributed by atoms with Gasteiger partial charge >= 0.3 is 0 Å². The number of nitrogens with zero attached hydrogens (tertiary/aromatic N) is 3. The van der Waals surface area contributed by atoms with Crippen LogP contribution in [-0.4, -0.2) is 21.4 Å². The zero-order valence-corrected chi connectivity index (χ0v) is 13.8. The molecule has 0 unspecified atom stereocenters. The lowest BCUT2D eigenvalue weighted by Gasteiger charge is -2.07. The third kappa shape index (κ3) is 4.51. The van der Waals surface area contributed by atoms with Gasteiger partial charge in [-0.1, -0.05) is 60.7 Å². The molecule has 2 aromatic carbocycles. The third-order valence-electron chi connectivity index (χ3n) is 3.52. The molecule has 3 aromatic rings. The predicted molar refractivity (Wildman–Crippen MR) is 98.9 cm³/mol. The predicted octanol–water partition coefficient (Wildman–Crippen LogP) is 3.00. The number of hydrogen-bond donors (Lipinski definition) is 1. The summed E-state index contributed by atoms with van der Waals surface area (Å²) in [5.74, 6) is -0.298. The van der Waals surface area contributed by atoms with Crippen LogP contribution >= 0.6 is 0 Å². The van der Waals surface area contributed by atoms with Gasteiger partial charge in [-0.2, -0.15) is 10.2 Å². The van der Waals surface area contributed by atoms with Crippen molar-refractivity contribution in [2.75, 3.05) is 0 Å². The Labute approximate surface area is 146 Å². The smallest absolute Gasteiger partial charge is 0.264 e. The molecule has 25 heavy (non-hydrogen) atoms. The second-order valence-corrected chi connectivity index (χ2v) is 5.45. The first-order chi connectivity index (χ1) is 12.2. The van der Waals surface area contributed by atoms with Crippen LogP contribution < -0.4 is 5.43 Å². The van der Waals surface area contributed by atoms with Crippen LogP contribution in [0.25, 0.3) is 6.08 Å². The molecule has 3 rings (SSSR count). The van der Waals surface area contributed by atoms with E-state index in [2.05, 4.69) is 15.6 Å². The van der Waals surface area contributed by atoms with E-state index in [9.17, 15) is 4.79 Å². The van der Waals surface area contributed by atoms with Crippen LogP contribution in [0.2, 0.25) is 0 Å². The summed E-state index contributed by atoms with van der Waals surface area (Å²) in [5.41, 5.74) is 6.03. The molecule has 0 saturated heterocycles. The van der Waals surface area contributed by atoms with Crippen molar-refractivity contribution in [3.8, 4) is 0 Å². The maximum absolute atomic E-state index is 12.1. The molecule has 0 radical (unpaired) electrons. The highest BCUT2D eigenvalue weighted by Crippen LogP contribution is 2.10. The Hall–Kier alpha value is -3.47. The quantitative estimate of drug-likeness (QED) is 0.444. The molecule has 0 saturated carbocycles. The van der Waals surface area contributed by atoms with E-state index in [0.29, 0.717) is 5.71 Å². The minimum Gasteiger partial charge on any atom is -0.275 e. The van der Waals surface area contributed by atoms with E-state index in [4.69, 9.17) is 0 Å². The Bertz CT molecular complexity index is 854. The van der Waals surface area contributed by atoms with Crippen LogP contribution in [-0.2, 0) is 11.8 Å². The van der Waals surface area contributed by atoms with E-state index in [0.717, 1.165) is 16.7 Å². The highest BCUT2D eigenvalue weighted by Gasteiger charge is 2.07. The molecule has 5 heteroatoms. The molecule has 5 nitrogen and oxygen atoms in total. The molecule has 0 fully saturated rings. The van der Waals surface area contributed by atoms with E-state index in [1.165, 1.54) is 6.08 Å². The lowest BCUT2D eigenvalue weighted by Crippen LogP contribution is -2.18. The molecule has 124 valence electrons. The van der Waals surface area contributed by atoms with Crippen LogP contribution in [0.3, 0.4) is 0 Å². The number of aryl methyl sites for hydroxylation is 1. The number of nitrogens with one attached hydrogen (secondary N) is 1. The highest BCUT2D eigenvalue weighted by atomic mass is 16.2. The maximum atomic E-state index is 12.1. The number of hydrazone groups is 1. The molecular formula is C20H18N4O. The van der Waals surface area contributed by atoms with Gasteiger partial charge < -0.3 is 0 Å². The van der Waals surface area contributed by atoms with Crippen LogP contribution in [0.5, 0.6) is 0 Å². The summed E-state index contributed by atoms with van der Waals surface area (Å²) < 4.78 is 1.68. The van der Waals surface area contributed by atoms with Crippen molar-refractivity contribution in [2.24, 2.45) is 12.1 Å². The standard InChI is InChI=1S/C20H18N4O/c1-24-15-16(14-21-24)12-13-19(25)22-23-20(17-8-4-2-5-9-17)18-10-6-3-7-11-18/h2-15H,1H3,(H,22,25)/b13-12+. The van der Waals surface area contributed by atoms with Crippen molar-refractivity contribution in [2.45, 2.75) is 0 Å². The normalized spacial score (nSPS) is 10.6. The first kappa shape index (κ1) is 16.4. The largest absolute Gasteiger partial charge is 0.275 e. The van der Waals surface area contributed by atoms with Gasteiger partial charge in [0.15, 0.2) is 0 Å². The highest BCUT2D eigenvalue weighted by molar-refractivity contribution is 6.13. The Morgan fingerprint density at radius 3 is 2.16 bits per heavy atom. The number of amides is 1. The molecule has 0 aliphatic rings. The molecule has 0 bridgehead atoms. The zero-order valence-electron chi connectivity index (χ0n) is 13.8. The van der Waals surface area contributed by atoms with Gasteiger partial charge in [0.05, 0.1) is 11.9 Å². The molecular weight excluding hydrogens is 312 g/mol. The summed E-state index contributed by atoms with van der Waals surface area (Å²) in [7, 11) is 1.83. The first-order valence-corrected chi connectivity index (χ1v) is 7.87. The SMILES string of the molecule is Cn1cc(/C=C/C(=O)NN=C(c2ccccc2)c2ccccc2)cn1. The van der Waals surface area contributed by atoms with E-state index in [1.807, 2.05) is 73.9 Å². The summed E-state index contributed by atoms with van der Waals surface area (Å²) in [6.45, 7) is 0.